The lowest BCUT2D eigenvalue weighted by Crippen LogP contribution is -2.37. The molecule has 1 heterocycles. The molecular weight excluding hydrogens is 424 g/mol. The Bertz CT molecular complexity index is 1010. The molecule has 0 saturated heterocycles. The number of carbonyl (C=O) groups excluding carboxylic acids is 1. The number of ether oxygens (including phenoxy) is 1. The number of para-hydroxylation sites is 1. The average molecular weight is 443 g/mol. The first-order valence-electron chi connectivity index (χ1n) is 9.17. The highest BCUT2D eigenvalue weighted by Crippen LogP contribution is 2.26. The second kappa shape index (κ2) is 10.7. The van der Waals surface area contributed by atoms with Gasteiger partial charge in [0.1, 0.15) is 5.75 Å². The van der Waals surface area contributed by atoms with Crippen molar-refractivity contribution >= 4 is 35.0 Å². The van der Waals surface area contributed by atoms with Crippen LogP contribution < -0.4 is 9.64 Å². The Morgan fingerprint density at radius 2 is 1.97 bits per heavy atom. The monoisotopic (exact) mass is 442 g/mol. The summed E-state index contributed by atoms with van der Waals surface area (Å²) in [6.07, 6.45) is 0.241. The van der Waals surface area contributed by atoms with Gasteiger partial charge in [0.15, 0.2) is 6.61 Å². The number of thioether (sulfide) groups is 1. The number of hydrogen-bond acceptors (Lipinski definition) is 7. The molecule has 1 atom stereocenters. The van der Waals surface area contributed by atoms with Gasteiger partial charge in [0.05, 0.1) is 17.7 Å². The van der Waals surface area contributed by atoms with Crippen LogP contribution in [0.5, 0.6) is 5.75 Å². The predicted molar refractivity (Wildman–Crippen MR) is 114 cm³/mol. The number of nitriles is 1. The molecule has 3 aromatic rings. The van der Waals surface area contributed by atoms with Gasteiger partial charge in [-0.25, -0.2) is 0 Å². The Labute approximate surface area is 183 Å². The van der Waals surface area contributed by atoms with E-state index >= 15 is 0 Å². The quantitative estimate of drug-likeness (QED) is 0.442. The Kier molecular flexibility index (Phi) is 7.71. The first kappa shape index (κ1) is 21.7. The first-order chi connectivity index (χ1) is 14.6. The van der Waals surface area contributed by atoms with Gasteiger partial charge in [-0.3, -0.25) is 4.79 Å². The second-order valence-electron chi connectivity index (χ2n) is 6.20. The van der Waals surface area contributed by atoms with Crippen molar-refractivity contribution in [1.29, 1.82) is 5.26 Å². The molecule has 154 valence electrons. The fourth-order valence-electron chi connectivity index (χ4n) is 2.58. The smallest absolute Gasteiger partial charge is 0.277 e. The van der Waals surface area contributed by atoms with Crippen molar-refractivity contribution in [2.45, 2.75) is 30.4 Å². The third-order valence-electron chi connectivity index (χ3n) is 4.03. The van der Waals surface area contributed by atoms with Gasteiger partial charge in [-0.1, -0.05) is 41.6 Å². The average Bonchev–Trinajstić information content (AvgIpc) is 3.21. The van der Waals surface area contributed by atoms with Crippen LogP contribution >= 0.6 is 23.4 Å². The van der Waals surface area contributed by atoms with Gasteiger partial charge < -0.3 is 14.1 Å². The number of benzene rings is 2. The molecule has 7 nitrogen and oxygen atoms in total. The third kappa shape index (κ3) is 5.99. The van der Waals surface area contributed by atoms with Gasteiger partial charge in [-0.2, -0.15) is 5.26 Å². The summed E-state index contributed by atoms with van der Waals surface area (Å²) < 4.78 is 11.2. The van der Waals surface area contributed by atoms with Crippen LogP contribution in [0.3, 0.4) is 0 Å². The van der Waals surface area contributed by atoms with Crippen molar-refractivity contribution in [2.24, 2.45) is 0 Å². The minimum atomic E-state index is -0.477. The summed E-state index contributed by atoms with van der Waals surface area (Å²) in [5.41, 5.74) is 0.743. The number of anilines is 1. The Hall–Kier alpha value is -3.02. The molecule has 0 aliphatic carbocycles. The lowest BCUT2D eigenvalue weighted by molar-refractivity contribution is -0.117. The van der Waals surface area contributed by atoms with Crippen LogP contribution in [-0.4, -0.2) is 27.9 Å². The molecule has 0 saturated carbocycles. The number of amides is 1. The first-order valence-corrected chi connectivity index (χ1v) is 10.4. The Morgan fingerprint density at radius 1 is 1.23 bits per heavy atom. The summed E-state index contributed by atoms with van der Waals surface area (Å²) in [4.78, 5) is 14.6. The summed E-state index contributed by atoms with van der Waals surface area (Å²) in [6, 6.07) is 18.3. The van der Waals surface area contributed by atoms with Gasteiger partial charge in [-0.05, 0) is 43.3 Å². The summed E-state index contributed by atoms with van der Waals surface area (Å²) in [5, 5.41) is 17.3. The van der Waals surface area contributed by atoms with Crippen molar-refractivity contribution in [2.75, 3.05) is 11.4 Å². The van der Waals surface area contributed by atoms with Crippen LogP contribution in [-0.2, 0) is 11.4 Å². The summed E-state index contributed by atoms with van der Waals surface area (Å²) in [5.74, 6) is 0.793. The van der Waals surface area contributed by atoms with Gasteiger partial charge in [-0.15, -0.1) is 10.2 Å². The number of hydrogen-bond donors (Lipinski definition) is 0. The van der Waals surface area contributed by atoms with Crippen molar-refractivity contribution in [3.8, 4) is 11.8 Å². The second-order valence-corrected chi connectivity index (χ2v) is 7.93. The normalized spacial score (nSPS) is 11.5. The van der Waals surface area contributed by atoms with E-state index in [0.29, 0.717) is 23.2 Å². The van der Waals surface area contributed by atoms with E-state index in [9.17, 15) is 4.79 Å². The Balaban J connectivity index is 1.60. The predicted octanol–water partition coefficient (Wildman–Crippen LogP) is 4.73. The van der Waals surface area contributed by atoms with E-state index < -0.39 is 5.25 Å². The van der Waals surface area contributed by atoms with Gasteiger partial charge in [0.25, 0.3) is 11.1 Å². The van der Waals surface area contributed by atoms with Crippen molar-refractivity contribution in [3.05, 3.63) is 65.5 Å². The van der Waals surface area contributed by atoms with Crippen molar-refractivity contribution in [3.63, 3.8) is 0 Å². The molecule has 0 aliphatic heterocycles. The van der Waals surface area contributed by atoms with E-state index in [1.807, 2.05) is 30.3 Å². The lowest BCUT2D eigenvalue weighted by Gasteiger charge is -2.24. The van der Waals surface area contributed by atoms with Crippen LogP contribution in [0, 0.1) is 11.3 Å². The number of aromatic nitrogens is 2. The van der Waals surface area contributed by atoms with Gasteiger partial charge >= 0.3 is 0 Å². The largest absolute Gasteiger partial charge is 0.484 e. The van der Waals surface area contributed by atoms with Crippen molar-refractivity contribution in [1.82, 2.24) is 10.2 Å². The number of halogens is 1. The maximum atomic E-state index is 13.0. The SMILES string of the molecule is C[C@H](Sc1nnc(COc2ccc(Cl)cc2)o1)C(=O)N(CCC#N)c1ccccc1. The minimum absolute atomic E-state index is 0.107. The summed E-state index contributed by atoms with van der Waals surface area (Å²) in [6.45, 7) is 2.19. The molecule has 0 bridgehead atoms. The van der Waals surface area contributed by atoms with Gasteiger partial charge in [0.2, 0.25) is 5.91 Å². The van der Waals surface area contributed by atoms with E-state index in [0.717, 1.165) is 5.69 Å². The zero-order valence-corrected chi connectivity index (χ0v) is 17.8. The molecule has 30 heavy (non-hydrogen) atoms. The summed E-state index contributed by atoms with van der Waals surface area (Å²) >= 11 is 7.01. The van der Waals surface area contributed by atoms with E-state index in [1.165, 1.54) is 11.8 Å². The van der Waals surface area contributed by atoms with Crippen LogP contribution in [0.25, 0.3) is 0 Å². The molecule has 2 aromatic carbocycles. The van der Waals surface area contributed by atoms with Crippen LogP contribution in [0.1, 0.15) is 19.2 Å². The molecular formula is C21H19ClN4O3S. The number of carbonyl (C=O) groups is 1. The zero-order valence-electron chi connectivity index (χ0n) is 16.2. The van der Waals surface area contributed by atoms with E-state index in [2.05, 4.69) is 16.3 Å². The fraction of sp³-hybridized carbons (Fsp3) is 0.238. The maximum Gasteiger partial charge on any atom is 0.277 e. The standard InChI is InChI=1S/C21H19ClN4O3S/c1-15(20(27)26(13-5-12-23)17-6-3-2-4-7-17)30-21-25-24-19(29-21)14-28-18-10-8-16(22)9-11-18/h2-4,6-11,15H,5,13-14H2,1H3/t15-/m0/s1. The lowest BCUT2D eigenvalue weighted by atomic mass is 10.2. The molecule has 0 radical (unpaired) electrons. The van der Waals surface area contributed by atoms with E-state index in [4.69, 9.17) is 26.0 Å². The molecule has 0 N–H and O–H groups in total. The Morgan fingerprint density at radius 3 is 2.67 bits per heavy atom. The van der Waals surface area contributed by atoms with E-state index in [1.54, 1.807) is 36.1 Å². The van der Waals surface area contributed by atoms with Crippen molar-refractivity contribution < 1.29 is 13.9 Å². The number of nitrogens with zero attached hydrogens (tertiary/aromatic N) is 4. The topological polar surface area (TPSA) is 92.2 Å². The van der Waals surface area contributed by atoms with Gasteiger partial charge in [0, 0.05) is 17.3 Å². The molecule has 0 spiro atoms. The summed E-state index contributed by atoms with van der Waals surface area (Å²) in [7, 11) is 0. The fourth-order valence-corrected chi connectivity index (χ4v) is 3.47. The third-order valence-corrected chi connectivity index (χ3v) is 5.20. The minimum Gasteiger partial charge on any atom is -0.484 e. The van der Waals surface area contributed by atoms with Crippen LogP contribution in [0.2, 0.25) is 5.02 Å². The van der Waals surface area contributed by atoms with Crippen LogP contribution in [0.15, 0.2) is 64.2 Å². The highest BCUT2D eigenvalue weighted by atomic mass is 35.5. The highest BCUT2D eigenvalue weighted by molar-refractivity contribution is 8.00. The molecule has 9 heteroatoms. The zero-order chi connectivity index (χ0) is 21.3. The maximum absolute atomic E-state index is 13.0. The molecule has 0 aliphatic rings. The molecule has 0 fully saturated rings. The number of rotatable bonds is 9. The van der Waals surface area contributed by atoms with E-state index in [-0.39, 0.29) is 24.2 Å². The molecule has 0 unspecified atom stereocenters. The molecule has 1 amide bonds. The molecule has 1 aromatic heterocycles. The highest BCUT2D eigenvalue weighted by Gasteiger charge is 2.24. The van der Waals surface area contributed by atoms with Crippen LogP contribution in [0.4, 0.5) is 5.69 Å². The molecule has 3 rings (SSSR count).